The first-order valence-corrected chi connectivity index (χ1v) is 8.87. The molecular formula is C21H25N3O. The van der Waals surface area contributed by atoms with Gasteiger partial charge in [-0.2, -0.15) is 0 Å². The van der Waals surface area contributed by atoms with Gasteiger partial charge < -0.3 is 9.72 Å². The second-order valence-corrected chi connectivity index (χ2v) is 6.60. The van der Waals surface area contributed by atoms with Crippen molar-refractivity contribution in [3.63, 3.8) is 0 Å². The molecule has 4 nitrogen and oxygen atoms in total. The second kappa shape index (κ2) is 7.51. The van der Waals surface area contributed by atoms with Crippen molar-refractivity contribution in [1.29, 1.82) is 0 Å². The Morgan fingerprint density at radius 2 is 1.96 bits per heavy atom. The summed E-state index contributed by atoms with van der Waals surface area (Å²) in [7, 11) is 0. The van der Waals surface area contributed by atoms with Crippen LogP contribution in [-0.4, -0.2) is 21.3 Å². The van der Waals surface area contributed by atoms with Crippen molar-refractivity contribution in [2.24, 2.45) is 0 Å². The van der Waals surface area contributed by atoms with Crippen molar-refractivity contribution in [2.75, 3.05) is 0 Å². The predicted molar refractivity (Wildman–Crippen MR) is 101 cm³/mol. The molecule has 0 aliphatic heterocycles. The zero-order valence-corrected chi connectivity index (χ0v) is 15.1. The minimum Gasteiger partial charge on any atom is -0.354 e. The minimum absolute atomic E-state index is 0.0253. The van der Waals surface area contributed by atoms with E-state index < -0.39 is 0 Å². The summed E-state index contributed by atoms with van der Waals surface area (Å²) < 4.78 is 2.08. The molecule has 2 aromatic heterocycles. The van der Waals surface area contributed by atoms with Crippen LogP contribution < -0.4 is 5.32 Å². The van der Waals surface area contributed by atoms with Gasteiger partial charge in [-0.15, -0.1) is 0 Å². The highest BCUT2D eigenvalue weighted by Crippen LogP contribution is 2.30. The SMILES string of the molecule is CC[C@H](C)NC(=O)C[C@@H](c1ccccc1C)c1cnc2ccccn12. The molecule has 25 heavy (non-hydrogen) atoms. The van der Waals surface area contributed by atoms with Gasteiger partial charge in [-0.1, -0.05) is 37.3 Å². The Labute approximate surface area is 148 Å². The number of amides is 1. The van der Waals surface area contributed by atoms with E-state index in [1.807, 2.05) is 49.6 Å². The molecule has 0 saturated carbocycles. The van der Waals surface area contributed by atoms with Crippen LogP contribution in [0.1, 0.15) is 49.4 Å². The largest absolute Gasteiger partial charge is 0.354 e. The highest BCUT2D eigenvalue weighted by atomic mass is 16.1. The number of benzene rings is 1. The van der Waals surface area contributed by atoms with Gasteiger partial charge in [-0.3, -0.25) is 4.79 Å². The number of aromatic nitrogens is 2. The molecule has 0 saturated heterocycles. The lowest BCUT2D eigenvalue weighted by atomic mass is 9.89. The third-order valence-corrected chi connectivity index (χ3v) is 4.78. The standard InChI is InChI=1S/C21H25N3O/c1-4-16(3)23-21(25)13-18(17-10-6-5-9-15(17)2)19-14-22-20-11-7-8-12-24(19)20/h5-12,14,16,18H,4,13H2,1-3H3,(H,23,25)/t16-,18-/m0/s1. The molecule has 0 fully saturated rings. The fraction of sp³-hybridized carbons (Fsp3) is 0.333. The molecule has 0 unspecified atom stereocenters. The van der Waals surface area contributed by atoms with E-state index >= 15 is 0 Å². The molecule has 1 amide bonds. The molecule has 0 aliphatic rings. The fourth-order valence-corrected chi connectivity index (χ4v) is 3.18. The van der Waals surface area contributed by atoms with Crippen LogP contribution in [0.3, 0.4) is 0 Å². The monoisotopic (exact) mass is 335 g/mol. The van der Waals surface area contributed by atoms with Crippen LogP contribution in [0.4, 0.5) is 0 Å². The van der Waals surface area contributed by atoms with E-state index in [2.05, 4.69) is 40.7 Å². The van der Waals surface area contributed by atoms with Crippen LogP contribution in [0.2, 0.25) is 0 Å². The van der Waals surface area contributed by atoms with Gasteiger partial charge in [0.25, 0.3) is 0 Å². The molecule has 0 radical (unpaired) electrons. The fourth-order valence-electron chi connectivity index (χ4n) is 3.18. The van der Waals surface area contributed by atoms with Crippen LogP contribution in [0.15, 0.2) is 54.9 Å². The molecule has 3 rings (SSSR count). The lowest BCUT2D eigenvalue weighted by Crippen LogP contribution is -2.33. The van der Waals surface area contributed by atoms with Gasteiger partial charge in [0.2, 0.25) is 5.91 Å². The molecule has 2 heterocycles. The molecule has 1 N–H and O–H groups in total. The van der Waals surface area contributed by atoms with Crippen molar-refractivity contribution in [1.82, 2.24) is 14.7 Å². The zero-order chi connectivity index (χ0) is 17.8. The summed E-state index contributed by atoms with van der Waals surface area (Å²) in [5, 5.41) is 3.09. The van der Waals surface area contributed by atoms with Crippen molar-refractivity contribution in [3.8, 4) is 0 Å². The number of nitrogens with one attached hydrogen (secondary N) is 1. The highest BCUT2D eigenvalue weighted by Gasteiger charge is 2.23. The number of aryl methyl sites for hydroxylation is 1. The predicted octanol–water partition coefficient (Wildman–Crippen LogP) is 4.08. The van der Waals surface area contributed by atoms with Crippen molar-refractivity contribution in [2.45, 2.75) is 45.6 Å². The summed E-state index contributed by atoms with van der Waals surface area (Å²) in [6.07, 6.45) is 5.24. The minimum atomic E-state index is -0.0253. The maximum atomic E-state index is 12.6. The first-order chi connectivity index (χ1) is 12.1. The first-order valence-electron chi connectivity index (χ1n) is 8.87. The summed E-state index contributed by atoms with van der Waals surface area (Å²) in [5.74, 6) is 0.0520. The smallest absolute Gasteiger partial charge is 0.221 e. The Bertz CT molecular complexity index is 868. The summed E-state index contributed by atoms with van der Waals surface area (Å²) in [6, 6.07) is 14.4. The van der Waals surface area contributed by atoms with Gasteiger partial charge in [0, 0.05) is 30.8 Å². The molecule has 0 spiro atoms. The number of hydrogen-bond acceptors (Lipinski definition) is 2. The van der Waals surface area contributed by atoms with Gasteiger partial charge >= 0.3 is 0 Å². The number of carbonyl (C=O) groups is 1. The van der Waals surface area contributed by atoms with Crippen LogP contribution >= 0.6 is 0 Å². The number of rotatable bonds is 6. The summed E-state index contributed by atoms with van der Waals surface area (Å²) >= 11 is 0. The van der Waals surface area contributed by atoms with Gasteiger partial charge in [0.15, 0.2) is 0 Å². The normalized spacial score (nSPS) is 13.6. The van der Waals surface area contributed by atoms with E-state index in [0.29, 0.717) is 6.42 Å². The number of pyridine rings is 1. The number of hydrogen-bond donors (Lipinski definition) is 1. The Kier molecular flexibility index (Phi) is 5.17. The maximum Gasteiger partial charge on any atom is 0.221 e. The van der Waals surface area contributed by atoms with Crippen molar-refractivity contribution >= 4 is 11.6 Å². The van der Waals surface area contributed by atoms with E-state index in [0.717, 1.165) is 17.8 Å². The Morgan fingerprint density at radius 1 is 1.20 bits per heavy atom. The Morgan fingerprint density at radius 3 is 2.72 bits per heavy atom. The molecule has 130 valence electrons. The summed E-state index contributed by atoms with van der Waals surface area (Å²) in [6.45, 7) is 6.21. The Balaban J connectivity index is 2.01. The van der Waals surface area contributed by atoms with Gasteiger partial charge in [0.1, 0.15) is 5.65 Å². The van der Waals surface area contributed by atoms with E-state index in [9.17, 15) is 4.79 Å². The van der Waals surface area contributed by atoms with Crippen LogP contribution in [0, 0.1) is 6.92 Å². The van der Waals surface area contributed by atoms with Crippen LogP contribution in [0.25, 0.3) is 5.65 Å². The lowest BCUT2D eigenvalue weighted by molar-refractivity contribution is -0.121. The topological polar surface area (TPSA) is 46.4 Å². The Hall–Kier alpha value is -2.62. The van der Waals surface area contributed by atoms with E-state index in [4.69, 9.17) is 0 Å². The first kappa shape index (κ1) is 17.2. The maximum absolute atomic E-state index is 12.6. The number of fused-ring (bicyclic) bond motifs is 1. The number of imidazole rings is 1. The lowest BCUT2D eigenvalue weighted by Gasteiger charge is -2.20. The number of carbonyl (C=O) groups excluding carboxylic acids is 1. The molecular weight excluding hydrogens is 310 g/mol. The van der Waals surface area contributed by atoms with Gasteiger partial charge in [0.05, 0.1) is 5.69 Å². The van der Waals surface area contributed by atoms with E-state index in [1.54, 1.807) is 0 Å². The number of nitrogens with zero attached hydrogens (tertiary/aromatic N) is 2. The zero-order valence-electron chi connectivity index (χ0n) is 15.1. The van der Waals surface area contributed by atoms with Gasteiger partial charge in [-0.25, -0.2) is 4.98 Å². The van der Waals surface area contributed by atoms with E-state index in [1.165, 1.54) is 11.1 Å². The van der Waals surface area contributed by atoms with Crippen LogP contribution in [-0.2, 0) is 4.79 Å². The van der Waals surface area contributed by atoms with Crippen molar-refractivity contribution < 1.29 is 4.79 Å². The van der Waals surface area contributed by atoms with Crippen molar-refractivity contribution in [3.05, 3.63) is 71.7 Å². The molecule has 0 aliphatic carbocycles. The molecule has 3 aromatic rings. The molecule has 4 heteroatoms. The molecule has 0 bridgehead atoms. The third kappa shape index (κ3) is 3.73. The highest BCUT2D eigenvalue weighted by molar-refractivity contribution is 5.78. The quantitative estimate of drug-likeness (QED) is 0.738. The van der Waals surface area contributed by atoms with Gasteiger partial charge in [-0.05, 0) is 43.5 Å². The van der Waals surface area contributed by atoms with E-state index in [-0.39, 0.29) is 17.9 Å². The molecule has 2 atom stereocenters. The average molecular weight is 335 g/mol. The summed E-state index contributed by atoms with van der Waals surface area (Å²) in [4.78, 5) is 17.1. The van der Waals surface area contributed by atoms with Crippen LogP contribution in [0.5, 0.6) is 0 Å². The third-order valence-electron chi connectivity index (χ3n) is 4.78. The summed E-state index contributed by atoms with van der Waals surface area (Å²) in [5.41, 5.74) is 4.31. The second-order valence-electron chi connectivity index (χ2n) is 6.60. The average Bonchev–Trinajstić information content (AvgIpc) is 3.04. The molecule has 1 aromatic carbocycles.